The molecule has 1 aliphatic carbocycles. The fourth-order valence-electron chi connectivity index (χ4n) is 2.29. The summed E-state index contributed by atoms with van der Waals surface area (Å²) >= 11 is 0. The Bertz CT molecular complexity index is 361. The van der Waals surface area contributed by atoms with Crippen molar-refractivity contribution in [2.24, 2.45) is 5.92 Å². The van der Waals surface area contributed by atoms with Gasteiger partial charge in [-0.1, -0.05) is 0 Å². The molecule has 17 heavy (non-hydrogen) atoms. The van der Waals surface area contributed by atoms with Crippen LogP contribution >= 0.6 is 0 Å². The Morgan fingerprint density at radius 2 is 2.24 bits per heavy atom. The molecule has 1 aromatic rings. The molecule has 0 aromatic carbocycles. The molecule has 1 aromatic heterocycles. The molecule has 1 atom stereocenters. The van der Waals surface area contributed by atoms with E-state index in [4.69, 9.17) is 0 Å². The number of nitrogens with zero attached hydrogens (tertiary/aromatic N) is 1. The minimum atomic E-state index is -0.580. The van der Waals surface area contributed by atoms with Crippen molar-refractivity contribution in [1.29, 1.82) is 0 Å². The molecule has 1 unspecified atom stereocenters. The molecule has 0 spiro atoms. The second kappa shape index (κ2) is 4.83. The zero-order valence-electron chi connectivity index (χ0n) is 11.1. The van der Waals surface area contributed by atoms with E-state index in [9.17, 15) is 5.11 Å². The summed E-state index contributed by atoms with van der Waals surface area (Å²) < 4.78 is 2.18. The van der Waals surface area contributed by atoms with Crippen molar-refractivity contribution in [3.05, 3.63) is 24.0 Å². The predicted molar refractivity (Wildman–Crippen MR) is 69.9 cm³/mol. The maximum Gasteiger partial charge on any atom is 0.0608 e. The molecule has 2 N–H and O–H groups in total. The molecule has 96 valence electrons. The molecule has 1 saturated carbocycles. The summed E-state index contributed by atoms with van der Waals surface area (Å²) in [6, 6.07) is 2.71. The first-order valence-corrected chi connectivity index (χ1v) is 6.55. The van der Waals surface area contributed by atoms with E-state index in [0.717, 1.165) is 18.9 Å². The van der Waals surface area contributed by atoms with Crippen LogP contribution in [0.2, 0.25) is 0 Å². The van der Waals surface area contributed by atoms with Crippen LogP contribution in [0.5, 0.6) is 0 Å². The summed E-state index contributed by atoms with van der Waals surface area (Å²) in [5, 5.41) is 13.1. The van der Waals surface area contributed by atoms with Gasteiger partial charge in [-0.25, -0.2) is 0 Å². The molecule has 1 aliphatic rings. The minimum absolute atomic E-state index is 0.512. The zero-order valence-corrected chi connectivity index (χ0v) is 11.1. The highest BCUT2D eigenvalue weighted by atomic mass is 16.3. The largest absolute Gasteiger partial charge is 0.390 e. The average Bonchev–Trinajstić information content (AvgIpc) is 2.95. The summed E-state index contributed by atoms with van der Waals surface area (Å²) in [6.45, 7) is 4.60. The molecule has 2 rings (SSSR count). The van der Waals surface area contributed by atoms with Gasteiger partial charge in [0.1, 0.15) is 0 Å². The minimum Gasteiger partial charge on any atom is -0.390 e. The van der Waals surface area contributed by atoms with Crippen LogP contribution in [-0.2, 0) is 6.54 Å². The molecular formula is C14H24N2O. The van der Waals surface area contributed by atoms with Gasteiger partial charge < -0.3 is 15.0 Å². The second-order valence-electron chi connectivity index (χ2n) is 5.85. The fourth-order valence-corrected chi connectivity index (χ4v) is 2.29. The SMILES string of the molecule is CNC(c1ccn(CCC(C)(C)O)c1)C1CC1. The van der Waals surface area contributed by atoms with Gasteiger partial charge in [0, 0.05) is 25.0 Å². The third-order valence-electron chi connectivity index (χ3n) is 3.52. The van der Waals surface area contributed by atoms with Crippen LogP contribution in [0.15, 0.2) is 18.5 Å². The number of hydrogen-bond acceptors (Lipinski definition) is 2. The van der Waals surface area contributed by atoms with Crippen molar-refractivity contribution in [2.45, 2.75) is 51.3 Å². The van der Waals surface area contributed by atoms with E-state index in [2.05, 4.69) is 28.3 Å². The highest BCUT2D eigenvalue weighted by Crippen LogP contribution is 2.40. The molecule has 3 nitrogen and oxygen atoms in total. The molecule has 3 heteroatoms. The van der Waals surface area contributed by atoms with Crippen molar-refractivity contribution in [3.8, 4) is 0 Å². The number of aliphatic hydroxyl groups is 1. The molecule has 0 bridgehead atoms. The van der Waals surface area contributed by atoms with Crippen LogP contribution in [-0.4, -0.2) is 22.3 Å². The van der Waals surface area contributed by atoms with E-state index in [0.29, 0.717) is 6.04 Å². The molecule has 1 fully saturated rings. The Balaban J connectivity index is 1.95. The van der Waals surface area contributed by atoms with Gasteiger partial charge in [-0.05, 0) is 57.7 Å². The third kappa shape index (κ3) is 3.58. The van der Waals surface area contributed by atoms with E-state index in [1.807, 2.05) is 20.9 Å². The Kier molecular flexibility index (Phi) is 3.59. The molecule has 0 radical (unpaired) electrons. The Hall–Kier alpha value is -0.800. The topological polar surface area (TPSA) is 37.2 Å². The maximum atomic E-state index is 9.71. The highest BCUT2D eigenvalue weighted by molar-refractivity contribution is 5.18. The van der Waals surface area contributed by atoms with Crippen LogP contribution in [0.1, 0.15) is 44.7 Å². The first-order chi connectivity index (χ1) is 7.99. The number of aromatic nitrogens is 1. The van der Waals surface area contributed by atoms with E-state index in [-0.39, 0.29) is 0 Å². The second-order valence-corrected chi connectivity index (χ2v) is 5.85. The number of hydrogen-bond donors (Lipinski definition) is 2. The Labute approximate surface area is 104 Å². The zero-order chi connectivity index (χ0) is 12.5. The molecule has 0 saturated heterocycles. The standard InChI is InChI=1S/C14H24N2O/c1-14(2,17)7-9-16-8-6-12(10-16)13(15-3)11-4-5-11/h6,8,10-11,13,15,17H,4-5,7,9H2,1-3H3. The summed E-state index contributed by atoms with van der Waals surface area (Å²) in [5.74, 6) is 0.824. The van der Waals surface area contributed by atoms with Crippen LogP contribution in [0, 0.1) is 5.92 Å². The molecule has 0 aliphatic heterocycles. The average molecular weight is 236 g/mol. The van der Waals surface area contributed by atoms with Crippen molar-refractivity contribution >= 4 is 0 Å². The van der Waals surface area contributed by atoms with Crippen LogP contribution in [0.4, 0.5) is 0 Å². The van der Waals surface area contributed by atoms with E-state index in [1.165, 1.54) is 18.4 Å². The predicted octanol–water partition coefficient (Wildman–Crippen LogP) is 2.32. The lowest BCUT2D eigenvalue weighted by Crippen LogP contribution is -2.21. The van der Waals surface area contributed by atoms with Gasteiger partial charge in [-0.15, -0.1) is 0 Å². The third-order valence-corrected chi connectivity index (χ3v) is 3.52. The van der Waals surface area contributed by atoms with Gasteiger partial charge in [-0.2, -0.15) is 0 Å². The van der Waals surface area contributed by atoms with Gasteiger partial charge >= 0.3 is 0 Å². The maximum absolute atomic E-state index is 9.71. The van der Waals surface area contributed by atoms with Crippen molar-refractivity contribution in [1.82, 2.24) is 9.88 Å². The summed E-state index contributed by atoms with van der Waals surface area (Å²) in [6.07, 6.45) is 7.81. The van der Waals surface area contributed by atoms with Gasteiger partial charge in [0.15, 0.2) is 0 Å². The molecule has 1 heterocycles. The quantitative estimate of drug-likeness (QED) is 0.795. The van der Waals surface area contributed by atoms with Gasteiger partial charge in [0.05, 0.1) is 5.60 Å². The normalized spacial score (nSPS) is 18.4. The smallest absolute Gasteiger partial charge is 0.0608 e. The lowest BCUT2D eigenvalue weighted by Gasteiger charge is -2.17. The summed E-state index contributed by atoms with van der Waals surface area (Å²) in [5.41, 5.74) is 0.800. The lowest BCUT2D eigenvalue weighted by atomic mass is 10.1. The van der Waals surface area contributed by atoms with Crippen LogP contribution < -0.4 is 5.32 Å². The first kappa shape index (κ1) is 12.7. The first-order valence-electron chi connectivity index (χ1n) is 6.55. The summed E-state index contributed by atoms with van der Waals surface area (Å²) in [4.78, 5) is 0. The van der Waals surface area contributed by atoms with Crippen molar-refractivity contribution in [2.75, 3.05) is 7.05 Å². The molecule has 0 amide bonds. The number of rotatable bonds is 6. The van der Waals surface area contributed by atoms with Crippen LogP contribution in [0.3, 0.4) is 0 Å². The Morgan fingerprint density at radius 1 is 1.53 bits per heavy atom. The fraction of sp³-hybridized carbons (Fsp3) is 0.714. The highest BCUT2D eigenvalue weighted by Gasteiger charge is 2.31. The summed E-state index contributed by atoms with van der Waals surface area (Å²) in [7, 11) is 2.04. The van der Waals surface area contributed by atoms with E-state index in [1.54, 1.807) is 0 Å². The lowest BCUT2D eigenvalue weighted by molar-refractivity contribution is 0.0662. The van der Waals surface area contributed by atoms with Crippen molar-refractivity contribution < 1.29 is 5.11 Å². The monoisotopic (exact) mass is 236 g/mol. The number of aryl methyl sites for hydroxylation is 1. The number of nitrogens with one attached hydrogen (secondary N) is 1. The van der Waals surface area contributed by atoms with E-state index >= 15 is 0 Å². The van der Waals surface area contributed by atoms with Crippen LogP contribution in [0.25, 0.3) is 0 Å². The van der Waals surface area contributed by atoms with Gasteiger partial charge in [0.25, 0.3) is 0 Å². The molecular weight excluding hydrogens is 212 g/mol. The van der Waals surface area contributed by atoms with E-state index < -0.39 is 5.60 Å². The van der Waals surface area contributed by atoms with Crippen molar-refractivity contribution in [3.63, 3.8) is 0 Å². The van der Waals surface area contributed by atoms with Gasteiger partial charge in [-0.3, -0.25) is 0 Å². The van der Waals surface area contributed by atoms with Gasteiger partial charge in [0.2, 0.25) is 0 Å². The Morgan fingerprint density at radius 3 is 2.76 bits per heavy atom.